The van der Waals surface area contributed by atoms with Crippen LogP contribution in [0.1, 0.15) is 18.1 Å². The second-order valence-corrected chi connectivity index (χ2v) is 5.28. The van der Waals surface area contributed by atoms with Crippen molar-refractivity contribution in [3.05, 3.63) is 71.5 Å². The number of carbonyl (C=O) groups is 1. The van der Waals surface area contributed by atoms with E-state index >= 15 is 0 Å². The van der Waals surface area contributed by atoms with E-state index in [4.69, 9.17) is 9.47 Å². The van der Waals surface area contributed by atoms with Crippen molar-refractivity contribution in [3.63, 3.8) is 0 Å². The number of hydrogen-bond acceptors (Lipinski definition) is 3. The van der Waals surface area contributed by atoms with Crippen LogP contribution in [0.5, 0.6) is 0 Å². The molecule has 1 N–H and O–H groups in total. The molecule has 1 aliphatic heterocycles. The van der Waals surface area contributed by atoms with Gasteiger partial charge in [-0.1, -0.05) is 49.9 Å². The van der Waals surface area contributed by atoms with Crippen LogP contribution in [-0.2, 0) is 27.1 Å². The van der Waals surface area contributed by atoms with Crippen molar-refractivity contribution in [3.8, 4) is 0 Å². The van der Waals surface area contributed by atoms with Crippen LogP contribution in [0.25, 0.3) is 0 Å². The van der Waals surface area contributed by atoms with Gasteiger partial charge in [-0.25, -0.2) is 0 Å². The molecule has 0 bridgehead atoms. The molecule has 0 atom stereocenters. The quantitative estimate of drug-likeness (QED) is 0.909. The summed E-state index contributed by atoms with van der Waals surface area (Å²) < 4.78 is 10.4. The van der Waals surface area contributed by atoms with Crippen LogP contribution in [0.2, 0.25) is 0 Å². The van der Waals surface area contributed by atoms with Gasteiger partial charge in [0, 0.05) is 12.1 Å². The molecule has 2 rings (SSSR count). The first-order chi connectivity index (χ1) is 11.2. The molecule has 0 aromatic heterocycles. The molecule has 0 fully saturated rings. The van der Waals surface area contributed by atoms with Crippen molar-refractivity contribution in [2.24, 2.45) is 0 Å². The Morgan fingerprint density at radius 2 is 2.00 bits per heavy atom. The monoisotopic (exact) mass is 313 g/mol. The van der Waals surface area contributed by atoms with E-state index in [0.717, 1.165) is 12.8 Å². The topological polar surface area (TPSA) is 47.6 Å². The summed E-state index contributed by atoms with van der Waals surface area (Å²) in [4.78, 5) is 12.2. The van der Waals surface area contributed by atoms with Gasteiger partial charge in [0.05, 0.1) is 6.61 Å². The molecule has 23 heavy (non-hydrogen) atoms. The van der Waals surface area contributed by atoms with E-state index in [-0.39, 0.29) is 12.7 Å². The highest BCUT2D eigenvalue weighted by molar-refractivity contribution is 5.96. The summed E-state index contributed by atoms with van der Waals surface area (Å²) in [7, 11) is 0. The van der Waals surface area contributed by atoms with Gasteiger partial charge in [0.25, 0.3) is 5.91 Å². The number of aryl methyl sites for hydroxylation is 1. The first kappa shape index (κ1) is 17.0. The van der Waals surface area contributed by atoms with Crippen molar-refractivity contribution in [1.82, 2.24) is 5.32 Å². The van der Waals surface area contributed by atoms with E-state index < -0.39 is 0 Å². The molecule has 0 saturated carbocycles. The predicted molar refractivity (Wildman–Crippen MR) is 90.8 cm³/mol. The largest absolute Gasteiger partial charge is 0.468 e. The summed E-state index contributed by atoms with van der Waals surface area (Å²) in [5.41, 5.74) is 3.05. The number of amides is 1. The zero-order valence-corrected chi connectivity index (χ0v) is 13.5. The fourth-order valence-corrected chi connectivity index (χ4v) is 2.18. The molecule has 4 nitrogen and oxygen atoms in total. The molecule has 1 aromatic carbocycles. The average Bonchev–Trinajstić information content (AvgIpc) is 2.67. The van der Waals surface area contributed by atoms with Crippen LogP contribution in [0.15, 0.2) is 60.4 Å². The minimum absolute atomic E-state index is 0.141. The molecule has 1 amide bonds. The number of hydrogen-bond donors (Lipinski definition) is 1. The fourth-order valence-electron chi connectivity index (χ4n) is 2.18. The van der Waals surface area contributed by atoms with Crippen molar-refractivity contribution in [2.45, 2.75) is 19.8 Å². The summed E-state index contributed by atoms with van der Waals surface area (Å²) in [5, 5.41) is 2.92. The lowest BCUT2D eigenvalue weighted by Gasteiger charge is -2.08. The van der Waals surface area contributed by atoms with Gasteiger partial charge in [-0.3, -0.25) is 4.79 Å². The number of rotatable bonds is 5. The third-order valence-corrected chi connectivity index (χ3v) is 3.55. The molecule has 4 heteroatoms. The van der Waals surface area contributed by atoms with Gasteiger partial charge < -0.3 is 14.8 Å². The molecule has 122 valence electrons. The Hall–Kier alpha value is -2.33. The molecule has 0 spiro atoms. The Labute approximate surface area is 137 Å². The molecule has 0 saturated heterocycles. The zero-order chi connectivity index (χ0) is 16.5. The lowest BCUT2D eigenvalue weighted by molar-refractivity contribution is -0.117. The SMILES string of the molecule is C=C1/C=C(C(=O)NCCc2ccc(CC)cc2)\C=C/COCO1. The van der Waals surface area contributed by atoms with Crippen molar-refractivity contribution in [1.29, 1.82) is 0 Å². The van der Waals surface area contributed by atoms with Crippen LogP contribution in [0, 0.1) is 0 Å². The van der Waals surface area contributed by atoms with Crippen molar-refractivity contribution in [2.75, 3.05) is 19.9 Å². The van der Waals surface area contributed by atoms with Crippen molar-refractivity contribution >= 4 is 5.91 Å². The number of nitrogens with one attached hydrogen (secondary N) is 1. The van der Waals surface area contributed by atoms with Gasteiger partial charge in [-0.15, -0.1) is 0 Å². The van der Waals surface area contributed by atoms with Crippen LogP contribution >= 0.6 is 0 Å². The summed E-state index contributed by atoms with van der Waals surface area (Å²) in [6.07, 6.45) is 6.97. The number of carbonyl (C=O) groups excluding carboxylic acids is 1. The summed E-state index contributed by atoms with van der Waals surface area (Å²) in [5.74, 6) is 0.273. The number of ether oxygens (including phenoxy) is 2. The summed E-state index contributed by atoms with van der Waals surface area (Å²) in [6, 6.07) is 8.47. The van der Waals surface area contributed by atoms with Gasteiger partial charge in [0.2, 0.25) is 0 Å². The lowest BCUT2D eigenvalue weighted by atomic mass is 10.1. The van der Waals surface area contributed by atoms with E-state index in [1.807, 2.05) is 0 Å². The predicted octanol–water partition coefficient (Wildman–Crippen LogP) is 2.91. The Morgan fingerprint density at radius 3 is 2.74 bits per heavy atom. The summed E-state index contributed by atoms with van der Waals surface area (Å²) in [6.45, 7) is 7.01. The standard InChI is InChI=1S/C19H23NO3/c1-3-16-6-8-17(9-7-16)10-11-20-19(21)18-5-4-12-22-14-23-15(2)13-18/h4-9,13H,2-3,10-12,14H2,1H3,(H,20,21)/b5-4-,18-13+. The van der Waals surface area contributed by atoms with Crippen LogP contribution in [0.3, 0.4) is 0 Å². The molecule has 1 aliphatic rings. The average molecular weight is 313 g/mol. The maximum Gasteiger partial charge on any atom is 0.251 e. The Balaban J connectivity index is 1.88. The molecular weight excluding hydrogens is 290 g/mol. The smallest absolute Gasteiger partial charge is 0.251 e. The summed E-state index contributed by atoms with van der Waals surface area (Å²) >= 11 is 0. The minimum atomic E-state index is -0.141. The molecular formula is C19H23NO3. The molecule has 1 heterocycles. The maximum absolute atomic E-state index is 12.2. The highest BCUT2D eigenvalue weighted by atomic mass is 16.7. The van der Waals surface area contributed by atoms with Crippen LogP contribution in [0.4, 0.5) is 0 Å². The first-order valence-electron chi connectivity index (χ1n) is 7.82. The lowest BCUT2D eigenvalue weighted by Crippen LogP contribution is -2.26. The number of benzene rings is 1. The van der Waals surface area contributed by atoms with Crippen LogP contribution < -0.4 is 5.32 Å². The zero-order valence-electron chi connectivity index (χ0n) is 13.5. The molecule has 0 unspecified atom stereocenters. The van der Waals surface area contributed by atoms with Gasteiger partial charge in [0.1, 0.15) is 5.76 Å². The molecule has 0 aliphatic carbocycles. The van der Waals surface area contributed by atoms with Crippen molar-refractivity contribution < 1.29 is 14.3 Å². The second-order valence-electron chi connectivity index (χ2n) is 5.28. The number of allylic oxidation sites excluding steroid dienone is 1. The molecule has 1 aromatic rings. The highest BCUT2D eigenvalue weighted by Gasteiger charge is 2.08. The van der Waals surface area contributed by atoms with E-state index in [0.29, 0.717) is 24.5 Å². The minimum Gasteiger partial charge on any atom is -0.468 e. The van der Waals surface area contributed by atoms with E-state index in [1.54, 1.807) is 18.2 Å². The maximum atomic E-state index is 12.2. The fraction of sp³-hybridized carbons (Fsp3) is 0.316. The van der Waals surface area contributed by atoms with E-state index in [9.17, 15) is 4.79 Å². The Bertz CT molecular complexity index is 600. The van der Waals surface area contributed by atoms with Gasteiger partial charge >= 0.3 is 0 Å². The van der Waals surface area contributed by atoms with Gasteiger partial charge in [-0.2, -0.15) is 0 Å². The Kier molecular flexibility index (Phi) is 6.63. The molecule has 0 radical (unpaired) electrons. The normalized spacial score (nSPS) is 18.7. The van der Waals surface area contributed by atoms with Crippen LogP contribution in [-0.4, -0.2) is 25.9 Å². The third kappa shape index (κ3) is 5.75. The second kappa shape index (κ2) is 8.96. The van der Waals surface area contributed by atoms with E-state index in [1.165, 1.54) is 11.1 Å². The Morgan fingerprint density at radius 1 is 1.26 bits per heavy atom. The van der Waals surface area contributed by atoms with Gasteiger partial charge in [-0.05, 0) is 30.0 Å². The first-order valence-corrected chi connectivity index (χ1v) is 7.82. The van der Waals surface area contributed by atoms with E-state index in [2.05, 4.69) is 43.1 Å². The highest BCUT2D eigenvalue weighted by Crippen LogP contribution is 2.08. The third-order valence-electron chi connectivity index (χ3n) is 3.55. The van der Waals surface area contributed by atoms with Gasteiger partial charge in [0.15, 0.2) is 6.79 Å².